The summed E-state index contributed by atoms with van der Waals surface area (Å²) in [6.07, 6.45) is 14.3. The molecule has 1 saturated heterocycles. The topological polar surface area (TPSA) is 18.5 Å². The van der Waals surface area contributed by atoms with Gasteiger partial charge in [0, 0.05) is 6.42 Å². The van der Waals surface area contributed by atoms with Gasteiger partial charge in [0.05, 0.1) is 13.2 Å². The van der Waals surface area contributed by atoms with Gasteiger partial charge in [0.2, 0.25) is 0 Å². The summed E-state index contributed by atoms with van der Waals surface area (Å²) in [5, 5.41) is 0. The molecule has 0 aromatic carbocycles. The highest BCUT2D eigenvalue weighted by Gasteiger charge is 2.26. The molecule has 1 fully saturated rings. The first-order chi connectivity index (χ1) is 8.77. The van der Waals surface area contributed by atoms with E-state index in [0.29, 0.717) is 0 Å². The summed E-state index contributed by atoms with van der Waals surface area (Å²) in [5.41, 5.74) is 0. The van der Waals surface area contributed by atoms with Crippen molar-refractivity contribution in [3.63, 3.8) is 0 Å². The lowest BCUT2D eigenvalue weighted by Crippen LogP contribution is -2.31. The lowest BCUT2D eigenvalue weighted by molar-refractivity contribution is -0.217. The van der Waals surface area contributed by atoms with Crippen LogP contribution < -0.4 is 0 Å². The highest BCUT2D eigenvalue weighted by molar-refractivity contribution is 4.66. The fraction of sp³-hybridized carbons (Fsp3) is 1.00. The third kappa shape index (κ3) is 7.38. The molecule has 1 aliphatic heterocycles. The molecule has 0 bridgehead atoms. The highest BCUT2D eigenvalue weighted by atomic mass is 16.7. The quantitative estimate of drug-likeness (QED) is 0.537. The van der Waals surface area contributed by atoms with Crippen LogP contribution in [0, 0.1) is 0 Å². The SMILES string of the molecule is CCCCCCCCCCC1(C)OCCCCO1. The van der Waals surface area contributed by atoms with E-state index in [9.17, 15) is 0 Å². The Labute approximate surface area is 113 Å². The second-order valence-electron chi connectivity index (χ2n) is 5.76. The van der Waals surface area contributed by atoms with Crippen molar-refractivity contribution in [1.82, 2.24) is 0 Å². The lowest BCUT2D eigenvalue weighted by Gasteiger charge is -2.28. The summed E-state index contributed by atoms with van der Waals surface area (Å²) in [6, 6.07) is 0. The van der Waals surface area contributed by atoms with E-state index in [2.05, 4.69) is 13.8 Å². The zero-order valence-corrected chi connectivity index (χ0v) is 12.5. The summed E-state index contributed by atoms with van der Waals surface area (Å²) >= 11 is 0. The van der Waals surface area contributed by atoms with E-state index in [-0.39, 0.29) is 5.79 Å². The van der Waals surface area contributed by atoms with E-state index in [1.165, 1.54) is 51.4 Å². The van der Waals surface area contributed by atoms with E-state index in [4.69, 9.17) is 9.47 Å². The van der Waals surface area contributed by atoms with Crippen LogP contribution in [-0.4, -0.2) is 19.0 Å². The van der Waals surface area contributed by atoms with Crippen molar-refractivity contribution in [2.75, 3.05) is 13.2 Å². The van der Waals surface area contributed by atoms with Gasteiger partial charge in [-0.25, -0.2) is 0 Å². The van der Waals surface area contributed by atoms with Gasteiger partial charge < -0.3 is 9.47 Å². The summed E-state index contributed by atoms with van der Waals surface area (Å²) in [5.74, 6) is -0.293. The summed E-state index contributed by atoms with van der Waals surface area (Å²) in [7, 11) is 0. The summed E-state index contributed by atoms with van der Waals surface area (Å²) in [4.78, 5) is 0. The van der Waals surface area contributed by atoms with E-state index in [1.807, 2.05) is 0 Å². The van der Waals surface area contributed by atoms with Crippen LogP contribution in [-0.2, 0) is 9.47 Å². The van der Waals surface area contributed by atoms with Crippen LogP contribution in [0.3, 0.4) is 0 Å². The molecule has 108 valence electrons. The second-order valence-corrected chi connectivity index (χ2v) is 5.76. The maximum atomic E-state index is 5.83. The van der Waals surface area contributed by atoms with Crippen LogP contribution in [0.2, 0.25) is 0 Å². The van der Waals surface area contributed by atoms with Gasteiger partial charge >= 0.3 is 0 Å². The third-order valence-electron chi connectivity index (χ3n) is 3.84. The van der Waals surface area contributed by atoms with E-state index in [1.54, 1.807) is 0 Å². The zero-order valence-electron chi connectivity index (χ0n) is 12.5. The molecule has 0 saturated carbocycles. The molecule has 0 aromatic rings. The minimum atomic E-state index is -0.293. The molecule has 1 rings (SSSR count). The molecule has 0 amide bonds. The zero-order chi connectivity index (χ0) is 13.1. The minimum absolute atomic E-state index is 0.293. The predicted molar refractivity (Wildman–Crippen MR) is 76.8 cm³/mol. The monoisotopic (exact) mass is 256 g/mol. The minimum Gasteiger partial charge on any atom is -0.350 e. The largest absolute Gasteiger partial charge is 0.350 e. The van der Waals surface area contributed by atoms with Gasteiger partial charge in [-0.3, -0.25) is 0 Å². The van der Waals surface area contributed by atoms with Crippen molar-refractivity contribution < 1.29 is 9.47 Å². The van der Waals surface area contributed by atoms with Gasteiger partial charge in [0.25, 0.3) is 0 Å². The molecule has 0 atom stereocenters. The second kappa shape index (κ2) is 9.80. The Balaban J connectivity index is 1.95. The smallest absolute Gasteiger partial charge is 0.165 e. The van der Waals surface area contributed by atoms with Gasteiger partial charge in [0.1, 0.15) is 0 Å². The van der Waals surface area contributed by atoms with Crippen molar-refractivity contribution in [2.45, 2.75) is 90.3 Å². The number of ether oxygens (including phenoxy) is 2. The molecular weight excluding hydrogens is 224 g/mol. The van der Waals surface area contributed by atoms with Crippen LogP contribution in [0.1, 0.15) is 84.5 Å². The number of rotatable bonds is 9. The summed E-state index contributed by atoms with van der Waals surface area (Å²) < 4.78 is 11.7. The maximum Gasteiger partial charge on any atom is 0.165 e. The van der Waals surface area contributed by atoms with Gasteiger partial charge in [-0.2, -0.15) is 0 Å². The molecule has 0 radical (unpaired) electrons. The normalized spacial score (nSPS) is 19.7. The molecular formula is C16H32O2. The average molecular weight is 256 g/mol. The molecule has 0 spiro atoms. The summed E-state index contributed by atoms with van der Waals surface area (Å²) in [6.45, 7) is 6.12. The van der Waals surface area contributed by atoms with Gasteiger partial charge in [0.15, 0.2) is 5.79 Å². The maximum absolute atomic E-state index is 5.83. The number of hydrogen-bond acceptors (Lipinski definition) is 2. The van der Waals surface area contributed by atoms with Gasteiger partial charge in [-0.15, -0.1) is 0 Å². The van der Waals surface area contributed by atoms with Crippen molar-refractivity contribution in [1.29, 1.82) is 0 Å². The molecule has 1 heterocycles. The predicted octanol–water partition coefficient (Wildman–Crippen LogP) is 5.06. The van der Waals surface area contributed by atoms with Crippen molar-refractivity contribution in [3.8, 4) is 0 Å². The molecule has 0 aliphatic carbocycles. The molecule has 0 aromatic heterocycles. The van der Waals surface area contributed by atoms with E-state index in [0.717, 1.165) is 32.5 Å². The Bertz CT molecular complexity index is 184. The molecule has 0 unspecified atom stereocenters. The third-order valence-corrected chi connectivity index (χ3v) is 3.84. The molecule has 18 heavy (non-hydrogen) atoms. The van der Waals surface area contributed by atoms with E-state index >= 15 is 0 Å². The number of hydrogen-bond donors (Lipinski definition) is 0. The van der Waals surface area contributed by atoms with Crippen LogP contribution in [0.4, 0.5) is 0 Å². The Morgan fingerprint density at radius 3 is 1.83 bits per heavy atom. The van der Waals surface area contributed by atoms with Crippen LogP contribution in [0.15, 0.2) is 0 Å². The average Bonchev–Trinajstić information content (AvgIpc) is 2.58. The first-order valence-corrected chi connectivity index (χ1v) is 8.05. The van der Waals surface area contributed by atoms with Crippen molar-refractivity contribution in [2.24, 2.45) is 0 Å². The van der Waals surface area contributed by atoms with Crippen LogP contribution in [0.25, 0.3) is 0 Å². The van der Waals surface area contributed by atoms with Crippen molar-refractivity contribution >= 4 is 0 Å². The Morgan fingerprint density at radius 1 is 0.778 bits per heavy atom. The Morgan fingerprint density at radius 2 is 1.28 bits per heavy atom. The Kier molecular flexibility index (Phi) is 8.70. The van der Waals surface area contributed by atoms with E-state index < -0.39 is 0 Å². The van der Waals surface area contributed by atoms with Crippen molar-refractivity contribution in [3.05, 3.63) is 0 Å². The molecule has 1 aliphatic rings. The fourth-order valence-electron chi connectivity index (χ4n) is 2.55. The molecule has 2 heteroatoms. The van der Waals surface area contributed by atoms with Crippen LogP contribution in [0.5, 0.6) is 0 Å². The first kappa shape index (κ1) is 16.0. The highest BCUT2D eigenvalue weighted by Crippen LogP contribution is 2.24. The number of unbranched alkanes of at least 4 members (excludes halogenated alkanes) is 7. The van der Waals surface area contributed by atoms with Gasteiger partial charge in [-0.1, -0.05) is 51.9 Å². The fourth-order valence-corrected chi connectivity index (χ4v) is 2.55. The van der Waals surface area contributed by atoms with Gasteiger partial charge in [-0.05, 0) is 26.2 Å². The lowest BCUT2D eigenvalue weighted by atomic mass is 10.0. The molecule has 2 nitrogen and oxygen atoms in total. The standard InChI is InChI=1S/C16H32O2/c1-3-4-5-6-7-8-9-10-13-16(2)17-14-11-12-15-18-16/h3-15H2,1-2H3. The molecule has 0 N–H and O–H groups in total. The first-order valence-electron chi connectivity index (χ1n) is 8.05. The Hall–Kier alpha value is -0.0800. The van der Waals surface area contributed by atoms with Crippen LogP contribution >= 0.6 is 0 Å².